The Bertz CT molecular complexity index is 1570. The Morgan fingerprint density at radius 1 is 0.900 bits per heavy atom. The van der Waals surface area contributed by atoms with Gasteiger partial charge in [-0.2, -0.15) is 0 Å². The fourth-order valence-electron chi connectivity index (χ4n) is 4.41. The van der Waals surface area contributed by atoms with Gasteiger partial charge in [-0.1, -0.05) is 24.3 Å². The van der Waals surface area contributed by atoms with Crippen molar-refractivity contribution >= 4 is 20.9 Å². The first-order valence-electron chi connectivity index (χ1n) is 12.9. The summed E-state index contributed by atoms with van der Waals surface area (Å²) in [6.45, 7) is 0.892. The molecule has 9 nitrogen and oxygen atoms in total. The van der Waals surface area contributed by atoms with Gasteiger partial charge in [-0.25, -0.2) is 18.4 Å². The molecule has 0 aliphatic rings. The number of ether oxygens (including phenoxy) is 3. The predicted molar refractivity (Wildman–Crippen MR) is 154 cm³/mol. The number of hydrogen-bond acceptors (Lipinski definition) is 9. The van der Waals surface area contributed by atoms with Crippen LogP contribution in [0.15, 0.2) is 65.6 Å². The molecule has 1 aromatic heterocycles. The maximum absolute atomic E-state index is 13.7. The van der Waals surface area contributed by atoms with Gasteiger partial charge in [-0.3, -0.25) is 0 Å². The van der Waals surface area contributed by atoms with E-state index in [4.69, 9.17) is 24.2 Å². The number of benzene rings is 3. The van der Waals surface area contributed by atoms with Gasteiger partial charge in [0.05, 0.1) is 53.9 Å². The highest BCUT2D eigenvalue weighted by Gasteiger charge is 2.23. The van der Waals surface area contributed by atoms with Crippen molar-refractivity contribution in [1.29, 1.82) is 0 Å². The van der Waals surface area contributed by atoms with Crippen molar-refractivity contribution < 1.29 is 27.7 Å². The molecule has 3 aromatic carbocycles. The molecular formula is C30H35N3O6S. The molecular weight excluding hydrogens is 530 g/mol. The van der Waals surface area contributed by atoms with Gasteiger partial charge in [0.25, 0.3) is 0 Å². The molecule has 0 bridgehead atoms. The van der Waals surface area contributed by atoms with Crippen molar-refractivity contribution in [3.8, 4) is 17.2 Å². The minimum atomic E-state index is -3.74. The Balaban J connectivity index is 1.79. The molecule has 4 rings (SSSR count). The number of methoxy groups -OCH3 is 2. The summed E-state index contributed by atoms with van der Waals surface area (Å²) < 4.78 is 44.4. The SMILES string of the molecule is COc1cc(Cc2nc3ccccc3nc2CS(=O)(=O)c2cccc(CN(C)C)c2)c(OCCCO)c(OC)c1. The number of nitrogens with zero attached hydrogens (tertiary/aromatic N) is 3. The second kappa shape index (κ2) is 13.1. The molecule has 10 heteroatoms. The number of aromatic nitrogens is 2. The van der Waals surface area contributed by atoms with Crippen LogP contribution in [0, 0.1) is 0 Å². The summed E-state index contributed by atoms with van der Waals surface area (Å²) >= 11 is 0. The van der Waals surface area contributed by atoms with Crippen LogP contribution in [0.3, 0.4) is 0 Å². The fourth-order valence-corrected chi connectivity index (χ4v) is 5.79. The average Bonchev–Trinajstić information content (AvgIpc) is 2.93. The van der Waals surface area contributed by atoms with Crippen molar-refractivity contribution in [3.05, 3.63) is 83.2 Å². The normalized spacial score (nSPS) is 11.7. The van der Waals surface area contributed by atoms with Gasteiger partial charge in [0, 0.05) is 37.6 Å². The van der Waals surface area contributed by atoms with Gasteiger partial charge in [-0.15, -0.1) is 0 Å². The maximum atomic E-state index is 13.7. The predicted octanol–water partition coefficient (Wildman–Crippen LogP) is 4.03. The average molecular weight is 566 g/mol. The summed E-state index contributed by atoms with van der Waals surface area (Å²) in [6, 6.07) is 17.9. The van der Waals surface area contributed by atoms with E-state index in [2.05, 4.69) is 0 Å². The molecule has 0 aliphatic heterocycles. The zero-order valence-electron chi connectivity index (χ0n) is 23.3. The molecule has 40 heavy (non-hydrogen) atoms. The van der Waals surface area contributed by atoms with E-state index in [1.807, 2.05) is 55.4 Å². The molecule has 0 saturated heterocycles. The van der Waals surface area contributed by atoms with Gasteiger partial charge in [0.2, 0.25) is 0 Å². The summed E-state index contributed by atoms with van der Waals surface area (Å²) in [4.78, 5) is 11.8. The van der Waals surface area contributed by atoms with E-state index in [1.54, 1.807) is 31.4 Å². The topological polar surface area (TPSA) is 111 Å². The lowest BCUT2D eigenvalue weighted by molar-refractivity contribution is 0.226. The van der Waals surface area contributed by atoms with Gasteiger partial charge in [0.1, 0.15) is 5.75 Å². The Hall–Kier alpha value is -3.73. The number of sulfone groups is 1. The lowest BCUT2D eigenvalue weighted by atomic mass is 10.1. The highest BCUT2D eigenvalue weighted by molar-refractivity contribution is 7.90. The van der Waals surface area contributed by atoms with Crippen LogP contribution >= 0.6 is 0 Å². The first kappa shape index (κ1) is 29.3. The summed E-state index contributed by atoms with van der Waals surface area (Å²) in [5, 5.41) is 9.25. The van der Waals surface area contributed by atoms with Crippen LogP contribution in [0.4, 0.5) is 0 Å². The molecule has 0 radical (unpaired) electrons. The molecule has 0 atom stereocenters. The van der Waals surface area contributed by atoms with E-state index in [9.17, 15) is 13.5 Å². The van der Waals surface area contributed by atoms with Gasteiger partial charge in [-0.05, 0) is 50.0 Å². The number of hydrogen-bond donors (Lipinski definition) is 1. The second-order valence-electron chi connectivity index (χ2n) is 9.67. The Morgan fingerprint density at radius 3 is 2.27 bits per heavy atom. The molecule has 1 N–H and O–H groups in total. The molecule has 4 aromatic rings. The molecule has 0 saturated carbocycles. The molecule has 0 amide bonds. The van der Waals surface area contributed by atoms with Gasteiger partial charge < -0.3 is 24.2 Å². The number of aliphatic hydroxyl groups is 1. The first-order valence-corrected chi connectivity index (χ1v) is 14.6. The zero-order chi connectivity index (χ0) is 28.7. The van der Waals surface area contributed by atoms with Crippen LogP contribution in [0.1, 0.15) is 28.9 Å². The van der Waals surface area contributed by atoms with E-state index in [-0.39, 0.29) is 30.3 Å². The number of fused-ring (bicyclic) bond motifs is 1. The highest BCUT2D eigenvalue weighted by atomic mass is 32.2. The minimum Gasteiger partial charge on any atom is -0.497 e. The van der Waals surface area contributed by atoms with Crippen LogP contribution in [-0.2, 0) is 28.6 Å². The zero-order valence-corrected chi connectivity index (χ0v) is 24.1. The van der Waals surface area contributed by atoms with Gasteiger partial charge >= 0.3 is 0 Å². The lowest BCUT2D eigenvalue weighted by Gasteiger charge is -2.18. The number of rotatable bonds is 13. The van der Waals surface area contributed by atoms with Crippen LogP contribution < -0.4 is 14.2 Å². The third-order valence-electron chi connectivity index (χ3n) is 6.28. The second-order valence-corrected chi connectivity index (χ2v) is 11.7. The summed E-state index contributed by atoms with van der Waals surface area (Å²) in [5.74, 6) is 1.19. The third kappa shape index (κ3) is 7.07. The standard InChI is InChI=1S/C30H35N3O6S/c1-33(2)19-21-9-7-10-24(15-21)40(35,36)20-28-27(31-25-11-5-6-12-26(25)32-28)17-22-16-23(37-3)18-29(38-4)30(22)39-14-8-13-34/h5-7,9-12,15-16,18,34H,8,13-14,17,19-20H2,1-4H3. The Kier molecular flexibility index (Phi) is 9.57. The van der Waals surface area contributed by atoms with E-state index in [0.717, 1.165) is 5.56 Å². The molecule has 0 aliphatic carbocycles. The van der Waals surface area contributed by atoms with Crippen molar-refractivity contribution in [2.45, 2.75) is 30.0 Å². The van der Waals surface area contributed by atoms with Crippen molar-refractivity contribution in [2.75, 3.05) is 41.5 Å². The number of aliphatic hydroxyl groups excluding tert-OH is 1. The lowest BCUT2D eigenvalue weighted by Crippen LogP contribution is -2.13. The summed E-state index contributed by atoms with van der Waals surface area (Å²) in [6.07, 6.45) is 0.673. The molecule has 1 heterocycles. The molecule has 0 unspecified atom stereocenters. The van der Waals surface area contributed by atoms with Crippen LogP contribution in [0.5, 0.6) is 17.2 Å². The quantitative estimate of drug-likeness (QED) is 0.240. The largest absolute Gasteiger partial charge is 0.497 e. The van der Waals surface area contributed by atoms with E-state index in [0.29, 0.717) is 58.2 Å². The smallest absolute Gasteiger partial charge is 0.184 e. The van der Waals surface area contributed by atoms with E-state index < -0.39 is 9.84 Å². The Labute approximate surface area is 235 Å². The highest BCUT2D eigenvalue weighted by Crippen LogP contribution is 2.37. The molecule has 212 valence electrons. The minimum absolute atomic E-state index is 0.0122. The molecule has 0 fully saturated rings. The van der Waals surface area contributed by atoms with Crippen molar-refractivity contribution in [2.24, 2.45) is 0 Å². The number of para-hydroxylation sites is 2. The Morgan fingerprint density at radius 2 is 1.62 bits per heavy atom. The fraction of sp³-hybridized carbons (Fsp3) is 0.333. The first-order chi connectivity index (χ1) is 19.2. The molecule has 0 spiro atoms. The van der Waals surface area contributed by atoms with Gasteiger partial charge in [0.15, 0.2) is 21.3 Å². The third-order valence-corrected chi connectivity index (χ3v) is 7.90. The van der Waals surface area contributed by atoms with Crippen LogP contribution in [0.2, 0.25) is 0 Å². The maximum Gasteiger partial charge on any atom is 0.184 e. The van der Waals surface area contributed by atoms with E-state index >= 15 is 0 Å². The van der Waals surface area contributed by atoms with Crippen molar-refractivity contribution in [1.82, 2.24) is 14.9 Å². The summed E-state index contributed by atoms with van der Waals surface area (Å²) in [5.41, 5.74) is 3.74. The monoisotopic (exact) mass is 565 g/mol. The summed E-state index contributed by atoms with van der Waals surface area (Å²) in [7, 11) is 3.23. The van der Waals surface area contributed by atoms with E-state index in [1.165, 1.54) is 7.11 Å². The van der Waals surface area contributed by atoms with Crippen LogP contribution in [-0.4, -0.2) is 69.9 Å². The van der Waals surface area contributed by atoms with Crippen molar-refractivity contribution in [3.63, 3.8) is 0 Å². The van der Waals surface area contributed by atoms with Crippen LogP contribution in [0.25, 0.3) is 11.0 Å².